The third-order valence-corrected chi connectivity index (χ3v) is 7.34. The van der Waals surface area contributed by atoms with Crippen molar-refractivity contribution in [2.24, 2.45) is 10.9 Å². The van der Waals surface area contributed by atoms with Crippen LogP contribution in [-0.4, -0.2) is 64.7 Å². The Bertz CT molecular complexity index is 841. The number of guanidine groups is 1. The minimum Gasteiger partial charge on any atom is -0.359 e. The van der Waals surface area contributed by atoms with Crippen molar-refractivity contribution >= 4 is 45.7 Å². The van der Waals surface area contributed by atoms with Gasteiger partial charge in [0.1, 0.15) is 0 Å². The Morgan fingerprint density at radius 2 is 1.74 bits per heavy atom. The lowest BCUT2D eigenvalue weighted by Gasteiger charge is -2.34. The first-order chi connectivity index (χ1) is 14.1. The Morgan fingerprint density at radius 3 is 2.23 bits per heavy atom. The van der Waals surface area contributed by atoms with Gasteiger partial charge in [0, 0.05) is 40.2 Å². The van der Waals surface area contributed by atoms with Crippen molar-refractivity contribution in [3.63, 3.8) is 0 Å². The van der Waals surface area contributed by atoms with Crippen molar-refractivity contribution in [3.8, 4) is 0 Å². The number of benzene rings is 1. The maximum Gasteiger partial charge on any atom is 0.220 e. The molecule has 9 heteroatoms. The van der Waals surface area contributed by atoms with Crippen LogP contribution in [0.2, 0.25) is 0 Å². The number of sulfone groups is 1. The van der Waals surface area contributed by atoms with Gasteiger partial charge in [-0.05, 0) is 41.9 Å². The lowest BCUT2D eigenvalue weighted by atomic mass is 9.87. The third kappa shape index (κ3) is 8.25. The summed E-state index contributed by atoms with van der Waals surface area (Å²) in [4.78, 5) is 18.3. The van der Waals surface area contributed by atoms with Crippen LogP contribution in [0, 0.1) is 5.92 Å². The fourth-order valence-corrected chi connectivity index (χ4v) is 4.78. The Hall–Kier alpha value is -1.36. The number of carbonyl (C=O) groups excluding carboxylic acids is 1. The normalized spacial score (nSPS) is 15.9. The topological polar surface area (TPSA) is 90.9 Å². The molecule has 1 aromatic rings. The molecule has 31 heavy (non-hydrogen) atoms. The molecule has 2 N–H and O–H groups in total. The summed E-state index contributed by atoms with van der Waals surface area (Å²) in [7, 11) is 0.00715. The zero-order valence-electron chi connectivity index (χ0n) is 19.3. The number of rotatable bonds is 6. The van der Waals surface area contributed by atoms with Crippen molar-refractivity contribution < 1.29 is 13.2 Å². The highest BCUT2D eigenvalue weighted by atomic mass is 127. The quantitative estimate of drug-likeness (QED) is 0.315. The highest BCUT2D eigenvalue weighted by molar-refractivity contribution is 14.0. The molecule has 1 fully saturated rings. The standard InChI is InChI=1S/C22H36N4O3S.HI/c1-22(2,3)18-6-8-19(9-7-18)30(28,29)15-12-25-21(24-5)26-13-10-17(11-14-26)16-20(27)23-4;/h6-9,17H,10-16H2,1-5H3,(H,23,27)(H,24,25);1H. The van der Waals surface area contributed by atoms with Crippen molar-refractivity contribution in [1.82, 2.24) is 15.5 Å². The molecule has 0 bridgehead atoms. The number of aliphatic imine (C=N–C) groups is 1. The van der Waals surface area contributed by atoms with Gasteiger partial charge < -0.3 is 15.5 Å². The van der Waals surface area contributed by atoms with Gasteiger partial charge in [-0.1, -0.05) is 32.9 Å². The van der Waals surface area contributed by atoms with Gasteiger partial charge in [-0.15, -0.1) is 24.0 Å². The molecule has 0 aliphatic carbocycles. The number of hydrogen-bond acceptors (Lipinski definition) is 4. The average Bonchev–Trinajstić information content (AvgIpc) is 2.71. The second-order valence-corrected chi connectivity index (χ2v) is 11.0. The summed E-state index contributed by atoms with van der Waals surface area (Å²) in [6.07, 6.45) is 2.40. The molecule has 2 rings (SSSR count). The minimum absolute atomic E-state index is 0. The largest absolute Gasteiger partial charge is 0.359 e. The van der Waals surface area contributed by atoms with E-state index in [-0.39, 0.29) is 41.1 Å². The molecule has 0 radical (unpaired) electrons. The summed E-state index contributed by atoms with van der Waals surface area (Å²) in [5.74, 6) is 1.19. The van der Waals surface area contributed by atoms with Crippen LogP contribution in [0.5, 0.6) is 0 Å². The van der Waals surface area contributed by atoms with Gasteiger partial charge in [-0.25, -0.2) is 8.42 Å². The maximum atomic E-state index is 12.7. The van der Waals surface area contributed by atoms with Crippen molar-refractivity contribution in [1.29, 1.82) is 0 Å². The fraction of sp³-hybridized carbons (Fsp3) is 0.636. The van der Waals surface area contributed by atoms with Gasteiger partial charge in [0.15, 0.2) is 15.8 Å². The SMILES string of the molecule is CN=C(NCCS(=O)(=O)c1ccc(C(C)(C)C)cc1)N1CCC(CC(=O)NC)CC1.I. The fourth-order valence-electron chi connectivity index (χ4n) is 3.62. The maximum absolute atomic E-state index is 12.7. The van der Waals surface area contributed by atoms with Gasteiger partial charge in [0.25, 0.3) is 0 Å². The zero-order chi connectivity index (χ0) is 22.4. The van der Waals surface area contributed by atoms with E-state index in [1.165, 1.54) is 0 Å². The summed E-state index contributed by atoms with van der Waals surface area (Å²) in [6, 6.07) is 7.17. The summed E-state index contributed by atoms with van der Waals surface area (Å²) in [5, 5.41) is 5.86. The van der Waals surface area contributed by atoms with E-state index >= 15 is 0 Å². The number of nitrogens with one attached hydrogen (secondary N) is 2. The van der Waals surface area contributed by atoms with E-state index in [9.17, 15) is 13.2 Å². The van der Waals surface area contributed by atoms with Gasteiger partial charge in [-0.3, -0.25) is 9.79 Å². The molecule has 176 valence electrons. The van der Waals surface area contributed by atoms with Crippen molar-refractivity contribution in [2.45, 2.75) is 50.3 Å². The van der Waals surface area contributed by atoms with Crippen LogP contribution in [0.15, 0.2) is 34.2 Å². The number of likely N-dealkylation sites (tertiary alicyclic amines) is 1. The molecular formula is C22H37IN4O3S. The summed E-state index contributed by atoms with van der Waals surface area (Å²) in [5.41, 5.74) is 1.10. The number of nitrogens with zero attached hydrogens (tertiary/aromatic N) is 2. The molecule has 1 aliphatic heterocycles. The van der Waals surface area contributed by atoms with Crippen LogP contribution in [0.3, 0.4) is 0 Å². The lowest BCUT2D eigenvalue weighted by molar-refractivity contribution is -0.121. The van der Waals surface area contributed by atoms with Crippen LogP contribution < -0.4 is 10.6 Å². The first kappa shape index (κ1) is 27.7. The highest BCUT2D eigenvalue weighted by Gasteiger charge is 2.23. The van der Waals surface area contributed by atoms with E-state index in [1.54, 1.807) is 26.2 Å². The summed E-state index contributed by atoms with van der Waals surface area (Å²) < 4.78 is 25.4. The number of piperidine rings is 1. The molecule has 7 nitrogen and oxygen atoms in total. The molecule has 1 aliphatic rings. The Labute approximate surface area is 204 Å². The van der Waals surface area contributed by atoms with E-state index < -0.39 is 9.84 Å². The number of amides is 1. The van der Waals surface area contributed by atoms with Gasteiger partial charge >= 0.3 is 0 Å². The predicted octanol–water partition coefficient (Wildman–Crippen LogP) is 2.80. The van der Waals surface area contributed by atoms with Crippen LogP contribution >= 0.6 is 24.0 Å². The Kier molecular flexibility index (Phi) is 10.7. The van der Waals surface area contributed by atoms with Crippen molar-refractivity contribution in [3.05, 3.63) is 29.8 Å². The molecule has 1 aromatic carbocycles. The number of carbonyl (C=O) groups is 1. The zero-order valence-corrected chi connectivity index (χ0v) is 22.4. The first-order valence-electron chi connectivity index (χ1n) is 10.6. The number of halogens is 1. The Morgan fingerprint density at radius 1 is 1.16 bits per heavy atom. The van der Waals surface area contributed by atoms with E-state index in [1.807, 2.05) is 12.1 Å². The van der Waals surface area contributed by atoms with E-state index in [0.717, 1.165) is 31.5 Å². The second kappa shape index (κ2) is 12.0. The summed E-state index contributed by atoms with van der Waals surface area (Å²) in [6.45, 7) is 8.23. The Balaban J connectivity index is 0.00000480. The molecule has 0 unspecified atom stereocenters. The molecule has 0 atom stereocenters. The first-order valence-corrected chi connectivity index (χ1v) is 12.2. The lowest BCUT2D eigenvalue weighted by Crippen LogP contribution is -2.47. The third-order valence-electron chi connectivity index (χ3n) is 5.61. The van der Waals surface area contributed by atoms with Crippen LogP contribution in [-0.2, 0) is 20.0 Å². The molecule has 1 heterocycles. The predicted molar refractivity (Wildman–Crippen MR) is 137 cm³/mol. The monoisotopic (exact) mass is 564 g/mol. The van der Waals surface area contributed by atoms with Gasteiger partial charge in [-0.2, -0.15) is 0 Å². The molecule has 0 spiro atoms. The van der Waals surface area contributed by atoms with Crippen molar-refractivity contribution in [2.75, 3.05) is 39.5 Å². The van der Waals surface area contributed by atoms with E-state index in [4.69, 9.17) is 0 Å². The number of hydrogen-bond donors (Lipinski definition) is 2. The minimum atomic E-state index is -3.36. The average molecular weight is 565 g/mol. The molecule has 0 aromatic heterocycles. The molecule has 1 saturated heterocycles. The molecule has 0 saturated carbocycles. The smallest absolute Gasteiger partial charge is 0.220 e. The molecular weight excluding hydrogens is 527 g/mol. The van der Waals surface area contributed by atoms with Gasteiger partial charge in [0.05, 0.1) is 10.6 Å². The van der Waals surface area contributed by atoms with Gasteiger partial charge in [0.2, 0.25) is 5.91 Å². The van der Waals surface area contributed by atoms with E-state index in [2.05, 4.69) is 41.3 Å². The van der Waals surface area contributed by atoms with Crippen LogP contribution in [0.1, 0.15) is 45.6 Å². The van der Waals surface area contributed by atoms with Crippen LogP contribution in [0.4, 0.5) is 0 Å². The van der Waals surface area contributed by atoms with E-state index in [0.29, 0.717) is 29.7 Å². The van der Waals surface area contributed by atoms with Crippen LogP contribution in [0.25, 0.3) is 0 Å². The summed E-state index contributed by atoms with van der Waals surface area (Å²) >= 11 is 0. The highest BCUT2D eigenvalue weighted by Crippen LogP contribution is 2.24. The molecule has 1 amide bonds. The second-order valence-electron chi connectivity index (χ2n) is 8.87.